The number of hydrogen-bond acceptors (Lipinski definition) is 4. The molecule has 1 saturated heterocycles. The molecule has 0 aromatic carbocycles. The van der Waals surface area contributed by atoms with E-state index in [4.69, 9.17) is 4.52 Å². The fourth-order valence-electron chi connectivity index (χ4n) is 1.80. The molecule has 1 aliphatic heterocycles. The molecule has 5 nitrogen and oxygen atoms in total. The molecule has 0 spiro atoms. The first-order valence-corrected chi connectivity index (χ1v) is 5.17. The lowest BCUT2D eigenvalue weighted by Gasteiger charge is -2.33. The van der Waals surface area contributed by atoms with Gasteiger partial charge in [-0.2, -0.15) is 0 Å². The Labute approximate surface area is 88.4 Å². The van der Waals surface area contributed by atoms with Crippen LogP contribution in [-0.2, 0) is 11.2 Å². The highest BCUT2D eigenvalue weighted by atomic mass is 16.5. The molecule has 0 unspecified atom stereocenters. The second-order valence-corrected chi connectivity index (χ2v) is 3.81. The van der Waals surface area contributed by atoms with Gasteiger partial charge in [-0.3, -0.25) is 4.79 Å². The van der Waals surface area contributed by atoms with Crippen LogP contribution in [0, 0.1) is 0 Å². The van der Waals surface area contributed by atoms with Gasteiger partial charge in [-0.15, -0.1) is 0 Å². The normalized spacial score (nSPS) is 21.7. The first-order chi connectivity index (χ1) is 7.27. The number of piperazine rings is 1. The van der Waals surface area contributed by atoms with E-state index in [1.807, 2.05) is 11.8 Å². The largest absolute Gasteiger partial charge is 0.364 e. The Morgan fingerprint density at radius 2 is 2.67 bits per heavy atom. The van der Waals surface area contributed by atoms with Crippen molar-refractivity contribution in [2.24, 2.45) is 0 Å². The van der Waals surface area contributed by atoms with Gasteiger partial charge in [0, 0.05) is 31.7 Å². The van der Waals surface area contributed by atoms with Crippen molar-refractivity contribution < 1.29 is 9.32 Å². The molecule has 0 aliphatic carbocycles. The quantitative estimate of drug-likeness (QED) is 0.747. The van der Waals surface area contributed by atoms with Crippen molar-refractivity contribution in [2.45, 2.75) is 19.4 Å². The van der Waals surface area contributed by atoms with Gasteiger partial charge in [-0.25, -0.2) is 0 Å². The molecule has 15 heavy (non-hydrogen) atoms. The van der Waals surface area contributed by atoms with Crippen molar-refractivity contribution in [1.82, 2.24) is 15.4 Å². The minimum Gasteiger partial charge on any atom is -0.364 e. The van der Waals surface area contributed by atoms with Crippen molar-refractivity contribution in [3.63, 3.8) is 0 Å². The SMILES string of the molecule is C[C@@H]1CNCCN1C(=O)Cc1ccon1. The number of carbonyl (C=O) groups is 1. The average molecular weight is 209 g/mol. The van der Waals surface area contributed by atoms with Gasteiger partial charge in [0.15, 0.2) is 0 Å². The predicted molar refractivity (Wildman–Crippen MR) is 54.3 cm³/mol. The van der Waals surface area contributed by atoms with Gasteiger partial charge in [0.2, 0.25) is 5.91 Å². The molecule has 0 saturated carbocycles. The molecular weight excluding hydrogens is 194 g/mol. The minimum atomic E-state index is 0.123. The number of rotatable bonds is 2. The highest BCUT2D eigenvalue weighted by Gasteiger charge is 2.23. The lowest BCUT2D eigenvalue weighted by Crippen LogP contribution is -2.52. The molecular formula is C10H15N3O2. The van der Waals surface area contributed by atoms with E-state index in [-0.39, 0.29) is 11.9 Å². The van der Waals surface area contributed by atoms with Crippen LogP contribution in [-0.4, -0.2) is 41.6 Å². The van der Waals surface area contributed by atoms with Crippen molar-refractivity contribution >= 4 is 5.91 Å². The monoisotopic (exact) mass is 209 g/mol. The van der Waals surface area contributed by atoms with Gasteiger partial charge >= 0.3 is 0 Å². The Kier molecular flexibility index (Phi) is 3.01. The summed E-state index contributed by atoms with van der Waals surface area (Å²) in [4.78, 5) is 13.8. The maximum atomic E-state index is 11.9. The van der Waals surface area contributed by atoms with Crippen LogP contribution in [0.3, 0.4) is 0 Å². The second-order valence-electron chi connectivity index (χ2n) is 3.81. The Morgan fingerprint density at radius 1 is 1.80 bits per heavy atom. The highest BCUT2D eigenvalue weighted by molar-refractivity contribution is 5.78. The van der Waals surface area contributed by atoms with Crippen LogP contribution in [0.5, 0.6) is 0 Å². The maximum Gasteiger partial charge on any atom is 0.229 e. The van der Waals surface area contributed by atoms with Crippen LogP contribution in [0.15, 0.2) is 16.9 Å². The fraction of sp³-hybridized carbons (Fsp3) is 0.600. The van der Waals surface area contributed by atoms with Crippen LogP contribution < -0.4 is 5.32 Å². The van der Waals surface area contributed by atoms with E-state index in [2.05, 4.69) is 10.5 Å². The Balaban J connectivity index is 1.95. The first kappa shape index (κ1) is 10.2. The Hall–Kier alpha value is -1.36. The summed E-state index contributed by atoms with van der Waals surface area (Å²) in [5.41, 5.74) is 0.700. The molecule has 1 aliphatic rings. The Morgan fingerprint density at radius 3 is 3.33 bits per heavy atom. The molecule has 2 rings (SSSR count). The first-order valence-electron chi connectivity index (χ1n) is 5.17. The smallest absolute Gasteiger partial charge is 0.229 e. The van der Waals surface area contributed by atoms with Crippen molar-refractivity contribution in [3.05, 3.63) is 18.0 Å². The summed E-state index contributed by atoms with van der Waals surface area (Å²) in [7, 11) is 0. The van der Waals surface area contributed by atoms with E-state index in [0.29, 0.717) is 12.1 Å². The van der Waals surface area contributed by atoms with E-state index >= 15 is 0 Å². The number of carbonyl (C=O) groups excluding carboxylic acids is 1. The second kappa shape index (κ2) is 4.44. The maximum absolute atomic E-state index is 11.9. The molecule has 82 valence electrons. The van der Waals surface area contributed by atoms with E-state index in [1.165, 1.54) is 6.26 Å². The Bertz CT molecular complexity index is 323. The zero-order valence-corrected chi connectivity index (χ0v) is 8.77. The van der Waals surface area contributed by atoms with Crippen LogP contribution in [0.1, 0.15) is 12.6 Å². The number of aromatic nitrogens is 1. The van der Waals surface area contributed by atoms with Gasteiger partial charge in [-0.05, 0) is 6.92 Å². The van der Waals surface area contributed by atoms with Crippen LogP contribution >= 0.6 is 0 Å². The summed E-state index contributed by atoms with van der Waals surface area (Å²) in [5, 5.41) is 6.99. The molecule has 0 bridgehead atoms. The zero-order valence-electron chi connectivity index (χ0n) is 8.77. The summed E-state index contributed by atoms with van der Waals surface area (Å²) in [6.45, 7) is 4.56. The van der Waals surface area contributed by atoms with Crippen LogP contribution in [0.2, 0.25) is 0 Å². The number of hydrogen-bond donors (Lipinski definition) is 1. The van der Waals surface area contributed by atoms with Gasteiger partial charge in [0.05, 0.1) is 12.1 Å². The third-order valence-electron chi connectivity index (χ3n) is 2.65. The van der Waals surface area contributed by atoms with Crippen molar-refractivity contribution in [2.75, 3.05) is 19.6 Å². The number of amides is 1. The van der Waals surface area contributed by atoms with Crippen molar-refractivity contribution in [1.29, 1.82) is 0 Å². The molecule has 1 aromatic heterocycles. The van der Waals surface area contributed by atoms with E-state index in [9.17, 15) is 4.79 Å². The predicted octanol–water partition coefficient (Wildman–Crippen LogP) is 0.0374. The lowest BCUT2D eigenvalue weighted by molar-refractivity contribution is -0.133. The molecule has 2 heterocycles. The summed E-state index contributed by atoms with van der Waals surface area (Å²) in [6, 6.07) is 1.99. The summed E-state index contributed by atoms with van der Waals surface area (Å²) in [5.74, 6) is 0.123. The van der Waals surface area contributed by atoms with E-state index < -0.39 is 0 Å². The van der Waals surface area contributed by atoms with Crippen LogP contribution in [0.4, 0.5) is 0 Å². The number of nitrogens with zero attached hydrogens (tertiary/aromatic N) is 2. The minimum absolute atomic E-state index is 0.123. The highest BCUT2D eigenvalue weighted by Crippen LogP contribution is 2.06. The zero-order chi connectivity index (χ0) is 10.7. The van der Waals surface area contributed by atoms with Gasteiger partial charge in [-0.1, -0.05) is 5.16 Å². The molecule has 1 fully saturated rings. The van der Waals surface area contributed by atoms with Gasteiger partial charge in [0.25, 0.3) is 0 Å². The molecule has 1 aromatic rings. The molecule has 0 radical (unpaired) electrons. The molecule has 1 amide bonds. The standard InChI is InChI=1S/C10H15N3O2/c1-8-7-11-3-4-13(8)10(14)6-9-2-5-15-12-9/h2,5,8,11H,3-4,6-7H2,1H3/t8-/m1/s1. The topological polar surface area (TPSA) is 58.4 Å². The number of nitrogens with one attached hydrogen (secondary N) is 1. The van der Waals surface area contributed by atoms with Gasteiger partial charge in [0.1, 0.15) is 6.26 Å². The fourth-order valence-corrected chi connectivity index (χ4v) is 1.80. The summed E-state index contributed by atoms with van der Waals surface area (Å²) in [6.07, 6.45) is 1.82. The van der Waals surface area contributed by atoms with Crippen LogP contribution in [0.25, 0.3) is 0 Å². The third kappa shape index (κ3) is 2.36. The lowest BCUT2D eigenvalue weighted by atomic mass is 10.2. The molecule has 1 N–H and O–H groups in total. The van der Waals surface area contributed by atoms with E-state index in [0.717, 1.165) is 19.6 Å². The van der Waals surface area contributed by atoms with Crippen molar-refractivity contribution in [3.8, 4) is 0 Å². The molecule has 5 heteroatoms. The molecule has 1 atom stereocenters. The summed E-state index contributed by atoms with van der Waals surface area (Å²) >= 11 is 0. The third-order valence-corrected chi connectivity index (χ3v) is 2.65. The van der Waals surface area contributed by atoms with Gasteiger partial charge < -0.3 is 14.7 Å². The summed E-state index contributed by atoms with van der Waals surface area (Å²) < 4.78 is 4.70. The average Bonchev–Trinajstić information content (AvgIpc) is 2.71. The van der Waals surface area contributed by atoms with E-state index in [1.54, 1.807) is 6.07 Å².